The van der Waals surface area contributed by atoms with Crippen molar-refractivity contribution in [1.29, 1.82) is 0 Å². The van der Waals surface area contributed by atoms with Crippen LogP contribution >= 0.6 is 12.2 Å². The maximum absolute atomic E-state index is 5.67. The number of hydrogen-bond acceptors (Lipinski definition) is 3. The summed E-state index contributed by atoms with van der Waals surface area (Å²) in [5, 5.41) is 6.52. The highest BCUT2D eigenvalue weighted by atomic mass is 32.1. The first kappa shape index (κ1) is 13.1. The molecule has 0 aliphatic carbocycles. The van der Waals surface area contributed by atoms with Gasteiger partial charge < -0.3 is 20.1 Å². The Labute approximate surface area is 113 Å². The fraction of sp³-hybridized carbons (Fsp3) is 0.462. The number of anilines is 1. The quantitative estimate of drug-likeness (QED) is 0.818. The van der Waals surface area contributed by atoms with E-state index in [1.807, 2.05) is 24.3 Å². The Morgan fingerprint density at radius 1 is 1.44 bits per heavy atom. The van der Waals surface area contributed by atoms with Gasteiger partial charge in [0.05, 0.1) is 6.10 Å². The second-order valence-electron chi connectivity index (χ2n) is 4.17. The van der Waals surface area contributed by atoms with E-state index in [0.717, 1.165) is 30.9 Å². The number of rotatable bonds is 4. The molecule has 1 heterocycles. The summed E-state index contributed by atoms with van der Waals surface area (Å²) >= 11 is 5.02. The van der Waals surface area contributed by atoms with Gasteiger partial charge in [0.25, 0.3) is 0 Å². The minimum Gasteiger partial charge on any atom is -0.491 e. The number of thiocarbonyl (C=S) groups is 1. The molecule has 5 heteroatoms. The summed E-state index contributed by atoms with van der Waals surface area (Å²) in [5.74, 6) is 0.853. The molecule has 0 spiro atoms. The van der Waals surface area contributed by atoms with Gasteiger partial charge in [0.15, 0.2) is 5.11 Å². The van der Waals surface area contributed by atoms with Crippen LogP contribution in [0.3, 0.4) is 0 Å². The van der Waals surface area contributed by atoms with Crippen LogP contribution in [0, 0.1) is 0 Å². The molecule has 4 nitrogen and oxygen atoms in total. The van der Waals surface area contributed by atoms with Crippen molar-refractivity contribution in [3.63, 3.8) is 0 Å². The minimum absolute atomic E-state index is 0.250. The Morgan fingerprint density at radius 3 is 2.83 bits per heavy atom. The average molecular weight is 266 g/mol. The van der Waals surface area contributed by atoms with E-state index >= 15 is 0 Å². The zero-order valence-corrected chi connectivity index (χ0v) is 11.3. The molecule has 0 unspecified atom stereocenters. The summed E-state index contributed by atoms with van der Waals surface area (Å²) in [7, 11) is 1.79. The highest BCUT2D eigenvalue weighted by molar-refractivity contribution is 7.80. The molecule has 0 aromatic heterocycles. The van der Waals surface area contributed by atoms with Gasteiger partial charge >= 0.3 is 0 Å². The average Bonchev–Trinajstić information content (AvgIpc) is 2.91. The minimum atomic E-state index is 0.250. The summed E-state index contributed by atoms with van der Waals surface area (Å²) in [4.78, 5) is 0. The molecular weight excluding hydrogens is 248 g/mol. The van der Waals surface area contributed by atoms with Gasteiger partial charge in [-0.2, -0.15) is 0 Å². The van der Waals surface area contributed by atoms with Crippen LogP contribution in [0.25, 0.3) is 0 Å². The molecule has 0 amide bonds. The molecule has 18 heavy (non-hydrogen) atoms. The summed E-state index contributed by atoms with van der Waals surface area (Å²) in [6, 6.07) is 7.73. The maximum atomic E-state index is 5.67. The fourth-order valence-corrected chi connectivity index (χ4v) is 1.91. The maximum Gasteiger partial charge on any atom is 0.170 e. The largest absolute Gasteiger partial charge is 0.491 e. The smallest absolute Gasteiger partial charge is 0.170 e. The molecule has 2 rings (SSSR count). The van der Waals surface area contributed by atoms with Crippen molar-refractivity contribution in [3.05, 3.63) is 24.3 Å². The Morgan fingerprint density at radius 2 is 2.22 bits per heavy atom. The lowest BCUT2D eigenvalue weighted by Crippen LogP contribution is -2.24. The summed E-state index contributed by atoms with van der Waals surface area (Å²) < 4.78 is 11.2. The first-order valence-electron chi connectivity index (χ1n) is 6.11. The molecular formula is C13H18N2O2S. The van der Waals surface area contributed by atoms with Crippen LogP contribution in [0.2, 0.25) is 0 Å². The zero-order valence-electron chi connectivity index (χ0n) is 10.4. The zero-order chi connectivity index (χ0) is 12.8. The lowest BCUT2D eigenvalue weighted by Gasteiger charge is -2.12. The van der Waals surface area contributed by atoms with Crippen LogP contribution in [0.4, 0.5) is 5.69 Å². The van der Waals surface area contributed by atoms with Gasteiger partial charge in [0.2, 0.25) is 0 Å². The molecule has 1 atom stereocenters. The van der Waals surface area contributed by atoms with E-state index in [1.165, 1.54) is 0 Å². The lowest BCUT2D eigenvalue weighted by atomic mass is 10.2. The van der Waals surface area contributed by atoms with Crippen LogP contribution in [-0.4, -0.2) is 31.5 Å². The first-order valence-corrected chi connectivity index (χ1v) is 6.52. The molecule has 0 radical (unpaired) electrons. The van der Waals surface area contributed by atoms with Crippen molar-refractivity contribution >= 4 is 23.0 Å². The highest BCUT2D eigenvalue weighted by Crippen LogP contribution is 2.18. The van der Waals surface area contributed by atoms with E-state index in [1.54, 1.807) is 7.05 Å². The molecule has 1 aromatic carbocycles. The lowest BCUT2D eigenvalue weighted by molar-refractivity contribution is 0.0679. The van der Waals surface area contributed by atoms with Crippen molar-refractivity contribution in [2.24, 2.45) is 0 Å². The normalized spacial score (nSPS) is 18.4. The summed E-state index contributed by atoms with van der Waals surface area (Å²) in [5.41, 5.74) is 0.943. The van der Waals surface area contributed by atoms with E-state index in [9.17, 15) is 0 Å². The topological polar surface area (TPSA) is 42.5 Å². The molecule has 1 aromatic rings. The van der Waals surface area contributed by atoms with Crippen molar-refractivity contribution < 1.29 is 9.47 Å². The van der Waals surface area contributed by atoms with Gasteiger partial charge in [-0.25, -0.2) is 0 Å². The van der Waals surface area contributed by atoms with Crippen LogP contribution < -0.4 is 15.4 Å². The number of ether oxygens (including phenoxy) is 2. The molecule has 1 fully saturated rings. The van der Waals surface area contributed by atoms with E-state index in [-0.39, 0.29) is 6.10 Å². The number of benzene rings is 1. The Balaban J connectivity index is 1.81. The van der Waals surface area contributed by atoms with Gasteiger partial charge in [0, 0.05) is 19.3 Å². The van der Waals surface area contributed by atoms with Crippen LogP contribution in [0.5, 0.6) is 5.75 Å². The molecule has 0 bridgehead atoms. The van der Waals surface area contributed by atoms with Gasteiger partial charge in [-0.05, 0) is 49.3 Å². The molecule has 1 aliphatic rings. The van der Waals surface area contributed by atoms with Gasteiger partial charge in [-0.3, -0.25) is 0 Å². The second kappa shape index (κ2) is 6.56. The molecule has 98 valence electrons. The third-order valence-electron chi connectivity index (χ3n) is 2.80. The fourth-order valence-electron chi connectivity index (χ4n) is 1.79. The second-order valence-corrected chi connectivity index (χ2v) is 4.58. The molecule has 1 saturated heterocycles. The van der Waals surface area contributed by atoms with E-state index < -0.39 is 0 Å². The van der Waals surface area contributed by atoms with Crippen molar-refractivity contribution in [3.8, 4) is 5.75 Å². The molecule has 0 saturated carbocycles. The third-order valence-corrected chi connectivity index (χ3v) is 3.11. The van der Waals surface area contributed by atoms with Crippen LogP contribution in [0.15, 0.2) is 24.3 Å². The predicted octanol–water partition coefficient (Wildman–Crippen LogP) is 2.16. The highest BCUT2D eigenvalue weighted by Gasteiger charge is 2.15. The van der Waals surface area contributed by atoms with Crippen LogP contribution in [-0.2, 0) is 4.74 Å². The SMILES string of the molecule is CNC(=S)Nc1ccc(OC[C@H]2CCCO2)cc1. The van der Waals surface area contributed by atoms with Crippen molar-refractivity contribution in [1.82, 2.24) is 5.32 Å². The standard InChI is InChI=1S/C13H18N2O2S/c1-14-13(18)15-10-4-6-11(7-5-10)17-9-12-3-2-8-16-12/h4-7,12H,2-3,8-9H2,1H3,(H2,14,15,18)/t12-/m1/s1. The van der Waals surface area contributed by atoms with Crippen molar-refractivity contribution in [2.75, 3.05) is 25.6 Å². The van der Waals surface area contributed by atoms with E-state index in [2.05, 4.69) is 10.6 Å². The van der Waals surface area contributed by atoms with Gasteiger partial charge in [-0.15, -0.1) is 0 Å². The predicted molar refractivity (Wildman–Crippen MR) is 76.2 cm³/mol. The molecule has 2 N–H and O–H groups in total. The third kappa shape index (κ3) is 3.85. The Hall–Kier alpha value is -1.33. The number of hydrogen-bond donors (Lipinski definition) is 2. The Kier molecular flexibility index (Phi) is 4.78. The molecule has 1 aliphatic heterocycles. The monoisotopic (exact) mass is 266 g/mol. The first-order chi connectivity index (χ1) is 8.78. The number of nitrogens with one attached hydrogen (secondary N) is 2. The van der Waals surface area contributed by atoms with E-state index in [0.29, 0.717) is 11.7 Å². The van der Waals surface area contributed by atoms with Gasteiger partial charge in [-0.1, -0.05) is 0 Å². The van der Waals surface area contributed by atoms with E-state index in [4.69, 9.17) is 21.7 Å². The van der Waals surface area contributed by atoms with Crippen molar-refractivity contribution in [2.45, 2.75) is 18.9 Å². The Bertz CT molecular complexity index is 388. The summed E-state index contributed by atoms with van der Waals surface area (Å²) in [6.07, 6.45) is 2.48. The van der Waals surface area contributed by atoms with Crippen LogP contribution in [0.1, 0.15) is 12.8 Å². The van der Waals surface area contributed by atoms with Gasteiger partial charge in [0.1, 0.15) is 12.4 Å². The summed E-state index contributed by atoms with van der Waals surface area (Å²) in [6.45, 7) is 1.49.